The van der Waals surface area contributed by atoms with Crippen molar-refractivity contribution in [2.75, 3.05) is 36.5 Å². The number of benzene rings is 2. The molecule has 7 nitrogen and oxygen atoms in total. The molecule has 3 heterocycles. The molecule has 0 saturated carbocycles. The van der Waals surface area contributed by atoms with E-state index in [1.54, 1.807) is 6.20 Å². The molecule has 0 atom stereocenters. The van der Waals surface area contributed by atoms with E-state index in [0.717, 1.165) is 54.2 Å². The van der Waals surface area contributed by atoms with Crippen LogP contribution >= 0.6 is 0 Å². The van der Waals surface area contributed by atoms with Crippen molar-refractivity contribution in [2.24, 2.45) is 0 Å². The van der Waals surface area contributed by atoms with Gasteiger partial charge < -0.3 is 15.0 Å². The lowest BCUT2D eigenvalue weighted by atomic mass is 10.1. The molecule has 1 saturated heterocycles. The van der Waals surface area contributed by atoms with Crippen molar-refractivity contribution in [2.45, 2.75) is 0 Å². The maximum atomic E-state index is 5.41. The molecule has 2 N–H and O–H groups in total. The number of hydrogen-bond donors (Lipinski definition) is 2. The van der Waals surface area contributed by atoms with Crippen molar-refractivity contribution in [3.63, 3.8) is 0 Å². The lowest BCUT2D eigenvalue weighted by Crippen LogP contribution is -2.36. The fourth-order valence-electron chi connectivity index (χ4n) is 3.39. The third-order valence-electron chi connectivity index (χ3n) is 4.89. The molecular formula is C21H20N6O. The molecule has 1 fully saturated rings. The summed E-state index contributed by atoms with van der Waals surface area (Å²) >= 11 is 0. The Morgan fingerprint density at radius 1 is 1.00 bits per heavy atom. The molecule has 0 unspecified atom stereocenters. The summed E-state index contributed by atoms with van der Waals surface area (Å²) in [7, 11) is 0. The minimum atomic E-state index is 0.573. The average molecular weight is 372 g/mol. The van der Waals surface area contributed by atoms with Crippen LogP contribution in [0.2, 0.25) is 0 Å². The maximum Gasteiger partial charge on any atom is 0.227 e. The van der Waals surface area contributed by atoms with Crippen molar-refractivity contribution in [1.29, 1.82) is 0 Å². The number of anilines is 3. The zero-order valence-electron chi connectivity index (χ0n) is 15.3. The van der Waals surface area contributed by atoms with Gasteiger partial charge in [-0.05, 0) is 42.5 Å². The normalized spacial score (nSPS) is 14.4. The van der Waals surface area contributed by atoms with E-state index in [1.807, 2.05) is 24.4 Å². The second-order valence-corrected chi connectivity index (χ2v) is 6.71. The van der Waals surface area contributed by atoms with Gasteiger partial charge >= 0.3 is 0 Å². The second kappa shape index (κ2) is 7.28. The molecule has 7 heteroatoms. The van der Waals surface area contributed by atoms with Crippen LogP contribution < -0.4 is 10.2 Å². The summed E-state index contributed by atoms with van der Waals surface area (Å²) in [5.41, 5.74) is 5.07. The number of ether oxygens (including phenoxy) is 1. The average Bonchev–Trinajstić information content (AvgIpc) is 3.23. The van der Waals surface area contributed by atoms with Crippen molar-refractivity contribution in [3.05, 3.63) is 60.9 Å². The molecule has 0 radical (unpaired) electrons. The molecule has 28 heavy (non-hydrogen) atoms. The van der Waals surface area contributed by atoms with Gasteiger partial charge in [0.25, 0.3) is 0 Å². The van der Waals surface area contributed by atoms with Gasteiger partial charge in [0.2, 0.25) is 5.95 Å². The van der Waals surface area contributed by atoms with Gasteiger partial charge in [0.1, 0.15) is 0 Å². The third kappa shape index (κ3) is 3.39. The second-order valence-electron chi connectivity index (χ2n) is 6.71. The minimum Gasteiger partial charge on any atom is -0.378 e. The van der Waals surface area contributed by atoms with Crippen molar-refractivity contribution in [1.82, 2.24) is 20.2 Å². The van der Waals surface area contributed by atoms with E-state index in [9.17, 15) is 0 Å². The molecule has 0 aliphatic carbocycles. The van der Waals surface area contributed by atoms with Crippen molar-refractivity contribution >= 4 is 28.2 Å². The number of fused-ring (bicyclic) bond motifs is 1. The van der Waals surface area contributed by atoms with E-state index in [1.165, 1.54) is 5.69 Å². The number of nitrogens with one attached hydrogen (secondary N) is 2. The first kappa shape index (κ1) is 16.7. The smallest absolute Gasteiger partial charge is 0.227 e. The first-order chi connectivity index (χ1) is 13.8. The Morgan fingerprint density at radius 3 is 2.71 bits per heavy atom. The lowest BCUT2D eigenvalue weighted by Gasteiger charge is -2.28. The van der Waals surface area contributed by atoms with E-state index in [0.29, 0.717) is 5.95 Å². The number of aromatic nitrogens is 4. The number of aromatic amines is 1. The van der Waals surface area contributed by atoms with Crippen LogP contribution in [0.15, 0.2) is 60.9 Å². The molecule has 0 spiro atoms. The molecule has 5 rings (SSSR count). The summed E-state index contributed by atoms with van der Waals surface area (Å²) in [6, 6.07) is 16.4. The van der Waals surface area contributed by atoms with Crippen molar-refractivity contribution in [3.8, 4) is 11.3 Å². The molecule has 2 aromatic heterocycles. The molecule has 1 aliphatic rings. The van der Waals surface area contributed by atoms with E-state index in [-0.39, 0.29) is 0 Å². The number of hydrogen-bond acceptors (Lipinski definition) is 6. The van der Waals surface area contributed by atoms with Gasteiger partial charge in [0, 0.05) is 41.6 Å². The molecule has 2 aromatic carbocycles. The van der Waals surface area contributed by atoms with E-state index in [2.05, 4.69) is 60.7 Å². The van der Waals surface area contributed by atoms with Crippen LogP contribution in [0.3, 0.4) is 0 Å². The van der Waals surface area contributed by atoms with E-state index in [4.69, 9.17) is 4.74 Å². The van der Waals surface area contributed by atoms with Gasteiger partial charge in [-0.25, -0.2) is 9.97 Å². The number of nitrogens with zero attached hydrogens (tertiary/aromatic N) is 4. The Bertz CT molecular complexity index is 1090. The predicted octanol–water partition coefficient (Wildman–Crippen LogP) is 3.60. The van der Waals surface area contributed by atoms with Gasteiger partial charge in [0.05, 0.1) is 30.6 Å². The quantitative estimate of drug-likeness (QED) is 0.570. The van der Waals surface area contributed by atoms with Crippen LogP contribution in [0.1, 0.15) is 0 Å². The van der Waals surface area contributed by atoms with Crippen LogP contribution in [0.4, 0.5) is 17.3 Å². The van der Waals surface area contributed by atoms with E-state index >= 15 is 0 Å². The van der Waals surface area contributed by atoms with Gasteiger partial charge in [-0.3, -0.25) is 5.10 Å². The van der Waals surface area contributed by atoms with Gasteiger partial charge in [-0.15, -0.1) is 0 Å². The summed E-state index contributed by atoms with van der Waals surface area (Å²) in [4.78, 5) is 11.3. The highest BCUT2D eigenvalue weighted by atomic mass is 16.5. The fourth-order valence-corrected chi connectivity index (χ4v) is 3.39. The monoisotopic (exact) mass is 372 g/mol. The van der Waals surface area contributed by atoms with Crippen LogP contribution in [0.5, 0.6) is 0 Å². The van der Waals surface area contributed by atoms with Crippen LogP contribution in [0.25, 0.3) is 22.2 Å². The number of rotatable bonds is 4. The van der Waals surface area contributed by atoms with Crippen LogP contribution in [0, 0.1) is 0 Å². The van der Waals surface area contributed by atoms with Crippen molar-refractivity contribution < 1.29 is 4.74 Å². The van der Waals surface area contributed by atoms with Gasteiger partial charge in [-0.2, -0.15) is 5.10 Å². The summed E-state index contributed by atoms with van der Waals surface area (Å²) in [5, 5.41) is 11.4. The summed E-state index contributed by atoms with van der Waals surface area (Å²) < 4.78 is 5.41. The number of H-pyrrole nitrogens is 1. The fraction of sp³-hybridized carbons (Fsp3) is 0.190. The summed E-state index contributed by atoms with van der Waals surface area (Å²) in [6.07, 6.45) is 3.58. The Hall–Kier alpha value is -3.45. The molecule has 140 valence electrons. The Balaban J connectivity index is 1.34. The number of morpholine rings is 1. The summed E-state index contributed by atoms with van der Waals surface area (Å²) in [5.74, 6) is 0.573. The van der Waals surface area contributed by atoms with Crippen LogP contribution in [-0.4, -0.2) is 46.5 Å². The largest absolute Gasteiger partial charge is 0.378 e. The standard InChI is InChI=1S/C21H20N6O/c1-6-20-16(14-23-26-20)13-15(1)19-7-8-22-21(25-19)24-17-2-4-18(5-3-17)27-9-11-28-12-10-27/h1-8,13-14H,9-12H2,(H,23,26)(H,22,24,25). The first-order valence-electron chi connectivity index (χ1n) is 9.31. The van der Waals surface area contributed by atoms with Crippen LogP contribution in [-0.2, 0) is 4.74 Å². The third-order valence-corrected chi connectivity index (χ3v) is 4.89. The van der Waals surface area contributed by atoms with Gasteiger partial charge in [-0.1, -0.05) is 6.07 Å². The Morgan fingerprint density at radius 2 is 1.86 bits per heavy atom. The molecule has 1 aliphatic heterocycles. The predicted molar refractivity (Wildman–Crippen MR) is 110 cm³/mol. The molecule has 0 bridgehead atoms. The molecule has 0 amide bonds. The highest BCUT2D eigenvalue weighted by Crippen LogP contribution is 2.24. The highest BCUT2D eigenvalue weighted by molar-refractivity contribution is 5.83. The summed E-state index contributed by atoms with van der Waals surface area (Å²) in [6.45, 7) is 3.42. The van der Waals surface area contributed by atoms with E-state index < -0.39 is 0 Å². The Kier molecular flexibility index (Phi) is 4.34. The minimum absolute atomic E-state index is 0.573. The van der Waals surface area contributed by atoms with Gasteiger partial charge in [0.15, 0.2) is 0 Å². The Labute approximate surface area is 162 Å². The topological polar surface area (TPSA) is 79.0 Å². The zero-order valence-corrected chi connectivity index (χ0v) is 15.3. The molecule has 4 aromatic rings. The highest BCUT2D eigenvalue weighted by Gasteiger charge is 2.11. The zero-order chi connectivity index (χ0) is 18.8. The molecular weight excluding hydrogens is 352 g/mol. The maximum absolute atomic E-state index is 5.41. The lowest BCUT2D eigenvalue weighted by molar-refractivity contribution is 0.122. The first-order valence-corrected chi connectivity index (χ1v) is 9.31. The SMILES string of the molecule is c1cc(-c2ccc3[nH]ncc3c2)nc(Nc2ccc(N3CCOCC3)cc2)n1.